The quantitative estimate of drug-likeness (QED) is 0.574. The van der Waals surface area contributed by atoms with Crippen molar-refractivity contribution in [3.8, 4) is 5.75 Å². The van der Waals surface area contributed by atoms with Crippen molar-refractivity contribution in [2.45, 2.75) is 64.9 Å². The molecule has 2 atom stereocenters. The molecule has 1 N–H and O–H groups in total. The molecule has 3 rings (SSSR count). The first-order valence-electron chi connectivity index (χ1n) is 10.7. The number of hydrogen-bond acceptors (Lipinski definition) is 3. The van der Waals surface area contributed by atoms with E-state index in [2.05, 4.69) is 19.2 Å². The predicted octanol–water partition coefficient (Wildman–Crippen LogP) is 5.94. The van der Waals surface area contributed by atoms with Crippen LogP contribution in [0.3, 0.4) is 0 Å². The molecule has 1 fully saturated rings. The van der Waals surface area contributed by atoms with Gasteiger partial charge < -0.3 is 14.8 Å². The molecule has 0 heterocycles. The molecular formula is C24H33NO3. The first kappa shape index (κ1) is 20.7. The van der Waals surface area contributed by atoms with Crippen molar-refractivity contribution in [1.29, 1.82) is 0 Å². The second kappa shape index (κ2) is 9.42. The van der Waals surface area contributed by atoms with Gasteiger partial charge in [-0.25, -0.2) is 0 Å². The predicted molar refractivity (Wildman–Crippen MR) is 115 cm³/mol. The van der Waals surface area contributed by atoms with Crippen LogP contribution in [0.5, 0.6) is 5.75 Å². The number of hydrogen-bond donors (Lipinski definition) is 1. The van der Waals surface area contributed by atoms with Gasteiger partial charge in [-0.2, -0.15) is 0 Å². The van der Waals surface area contributed by atoms with E-state index >= 15 is 0 Å². The van der Waals surface area contributed by atoms with Gasteiger partial charge in [0.25, 0.3) is 5.91 Å². The van der Waals surface area contributed by atoms with Crippen LogP contribution in [0.25, 0.3) is 10.8 Å². The number of rotatable bonds is 8. The lowest BCUT2D eigenvalue weighted by Crippen LogP contribution is -2.48. The Morgan fingerprint density at radius 3 is 2.68 bits per heavy atom. The van der Waals surface area contributed by atoms with Crippen molar-refractivity contribution in [2.75, 3.05) is 18.5 Å². The van der Waals surface area contributed by atoms with Gasteiger partial charge >= 0.3 is 0 Å². The molecular weight excluding hydrogens is 350 g/mol. The molecule has 2 aromatic carbocycles. The molecule has 0 saturated heterocycles. The fourth-order valence-corrected chi connectivity index (χ4v) is 4.25. The highest BCUT2D eigenvalue weighted by Crippen LogP contribution is 2.38. The number of ether oxygens (including phenoxy) is 2. The van der Waals surface area contributed by atoms with E-state index in [4.69, 9.17) is 9.47 Å². The zero-order chi connectivity index (χ0) is 20.0. The van der Waals surface area contributed by atoms with Crippen LogP contribution in [-0.2, 0) is 9.53 Å². The van der Waals surface area contributed by atoms with Crippen LogP contribution < -0.4 is 10.1 Å². The lowest BCUT2D eigenvalue weighted by molar-refractivity contribution is -0.147. The maximum absolute atomic E-state index is 13.3. The van der Waals surface area contributed by atoms with Gasteiger partial charge in [-0.15, -0.1) is 0 Å². The van der Waals surface area contributed by atoms with E-state index in [1.165, 1.54) is 0 Å². The summed E-state index contributed by atoms with van der Waals surface area (Å²) in [6.45, 7) is 7.58. The lowest BCUT2D eigenvalue weighted by Gasteiger charge is -2.38. The molecule has 4 nitrogen and oxygen atoms in total. The normalized spacial score (nSPS) is 22.2. The van der Waals surface area contributed by atoms with E-state index in [9.17, 15) is 4.79 Å². The summed E-state index contributed by atoms with van der Waals surface area (Å²) in [5.74, 6) is 1.34. The van der Waals surface area contributed by atoms with Crippen LogP contribution in [0, 0.1) is 5.92 Å². The van der Waals surface area contributed by atoms with E-state index in [1.807, 2.05) is 43.3 Å². The molecule has 0 aromatic heterocycles. The van der Waals surface area contributed by atoms with E-state index in [-0.39, 0.29) is 5.91 Å². The monoisotopic (exact) mass is 383 g/mol. The largest absolute Gasteiger partial charge is 0.493 e. The minimum atomic E-state index is -0.718. The van der Waals surface area contributed by atoms with Gasteiger partial charge in [0.2, 0.25) is 0 Å². The molecule has 1 aliphatic carbocycles. The number of anilines is 1. The van der Waals surface area contributed by atoms with Crippen LogP contribution in [0.2, 0.25) is 0 Å². The van der Waals surface area contributed by atoms with Crippen LogP contribution >= 0.6 is 0 Å². The Labute approximate surface area is 168 Å². The number of unbranched alkanes of at least 4 members (excludes halogenated alkanes) is 1. The number of carbonyl (C=O) groups excluding carboxylic acids is 1. The van der Waals surface area contributed by atoms with Crippen LogP contribution in [0.15, 0.2) is 36.4 Å². The van der Waals surface area contributed by atoms with E-state index in [0.717, 1.165) is 60.7 Å². The zero-order valence-corrected chi connectivity index (χ0v) is 17.4. The fraction of sp³-hybridized carbons (Fsp3) is 0.542. The smallest absolute Gasteiger partial charge is 0.256 e. The summed E-state index contributed by atoms with van der Waals surface area (Å²) in [6.07, 6.45) is 5.89. The van der Waals surface area contributed by atoms with Gasteiger partial charge in [-0.1, -0.05) is 51.0 Å². The molecule has 0 bridgehead atoms. The maximum atomic E-state index is 13.3. The molecule has 0 unspecified atom stereocenters. The van der Waals surface area contributed by atoms with Gasteiger partial charge in [-0.3, -0.25) is 4.79 Å². The van der Waals surface area contributed by atoms with Crippen molar-refractivity contribution < 1.29 is 14.3 Å². The zero-order valence-electron chi connectivity index (χ0n) is 17.4. The summed E-state index contributed by atoms with van der Waals surface area (Å²) in [7, 11) is 0. The topological polar surface area (TPSA) is 47.6 Å². The number of nitrogens with one attached hydrogen (secondary N) is 1. The second-order valence-corrected chi connectivity index (χ2v) is 7.94. The van der Waals surface area contributed by atoms with Crippen molar-refractivity contribution in [2.24, 2.45) is 5.92 Å². The van der Waals surface area contributed by atoms with Crippen molar-refractivity contribution in [3.63, 3.8) is 0 Å². The Morgan fingerprint density at radius 2 is 1.96 bits per heavy atom. The Hall–Kier alpha value is -2.07. The van der Waals surface area contributed by atoms with Crippen LogP contribution in [0.1, 0.15) is 59.3 Å². The maximum Gasteiger partial charge on any atom is 0.256 e. The highest BCUT2D eigenvalue weighted by Gasteiger charge is 2.42. The first-order valence-corrected chi connectivity index (χ1v) is 10.7. The summed E-state index contributed by atoms with van der Waals surface area (Å²) in [4.78, 5) is 13.3. The van der Waals surface area contributed by atoms with Gasteiger partial charge in [0.05, 0.1) is 6.61 Å². The van der Waals surface area contributed by atoms with Crippen molar-refractivity contribution in [1.82, 2.24) is 0 Å². The molecule has 0 radical (unpaired) electrons. The van der Waals surface area contributed by atoms with E-state index in [0.29, 0.717) is 19.1 Å². The van der Waals surface area contributed by atoms with Crippen molar-refractivity contribution >= 4 is 22.4 Å². The SMILES string of the molecule is CCCCOc1ccc(NC(=O)[C@]2(OCC)CCC[C@H](C)C2)c2ccccc12. The Bertz CT molecular complexity index is 800. The van der Waals surface area contributed by atoms with Crippen LogP contribution in [-0.4, -0.2) is 24.7 Å². The second-order valence-electron chi connectivity index (χ2n) is 7.94. The first-order chi connectivity index (χ1) is 13.6. The van der Waals surface area contributed by atoms with E-state index < -0.39 is 5.60 Å². The number of carbonyl (C=O) groups is 1. The molecule has 2 aromatic rings. The molecule has 1 aliphatic rings. The van der Waals surface area contributed by atoms with Gasteiger partial charge in [-0.05, 0) is 50.7 Å². The summed E-state index contributed by atoms with van der Waals surface area (Å²) in [5, 5.41) is 5.20. The highest BCUT2D eigenvalue weighted by atomic mass is 16.5. The van der Waals surface area contributed by atoms with Crippen LogP contribution in [0.4, 0.5) is 5.69 Å². The molecule has 28 heavy (non-hydrogen) atoms. The minimum absolute atomic E-state index is 0.0225. The number of amides is 1. The van der Waals surface area contributed by atoms with Gasteiger partial charge in [0, 0.05) is 23.1 Å². The molecule has 0 aliphatic heterocycles. The summed E-state index contributed by atoms with van der Waals surface area (Å²) >= 11 is 0. The molecule has 1 saturated carbocycles. The Balaban J connectivity index is 1.87. The molecule has 4 heteroatoms. The molecule has 152 valence electrons. The van der Waals surface area contributed by atoms with Gasteiger partial charge in [0.1, 0.15) is 11.4 Å². The Morgan fingerprint density at radius 1 is 1.18 bits per heavy atom. The third kappa shape index (κ3) is 4.49. The Kier molecular flexibility index (Phi) is 6.95. The standard InChI is InChI=1S/C24H33NO3/c1-4-6-16-27-22-14-13-21(19-11-7-8-12-20(19)22)25-23(26)24(28-5-2)15-9-10-18(3)17-24/h7-8,11-14,18H,4-6,9-10,15-17H2,1-3H3,(H,25,26)/t18-,24-/m0/s1. The van der Waals surface area contributed by atoms with Gasteiger partial charge in [0.15, 0.2) is 0 Å². The highest BCUT2D eigenvalue weighted by molar-refractivity contribution is 6.06. The lowest BCUT2D eigenvalue weighted by atomic mass is 9.78. The van der Waals surface area contributed by atoms with Crippen molar-refractivity contribution in [3.05, 3.63) is 36.4 Å². The third-order valence-corrected chi connectivity index (χ3v) is 5.68. The number of fused-ring (bicyclic) bond motifs is 1. The summed E-state index contributed by atoms with van der Waals surface area (Å²) < 4.78 is 12.0. The summed E-state index contributed by atoms with van der Waals surface area (Å²) in [5.41, 5.74) is 0.102. The average molecular weight is 384 g/mol. The molecule has 0 spiro atoms. The average Bonchev–Trinajstić information content (AvgIpc) is 2.70. The molecule has 1 amide bonds. The minimum Gasteiger partial charge on any atom is -0.493 e. The number of benzene rings is 2. The summed E-state index contributed by atoms with van der Waals surface area (Å²) in [6, 6.07) is 12.0. The fourth-order valence-electron chi connectivity index (χ4n) is 4.25. The van der Waals surface area contributed by atoms with E-state index in [1.54, 1.807) is 0 Å². The third-order valence-electron chi connectivity index (χ3n) is 5.68.